The molecule has 1 aliphatic rings. The number of hydrogen-bond donors (Lipinski definition) is 1. The van der Waals surface area contributed by atoms with Crippen LogP contribution in [0.25, 0.3) is 16.7 Å². The summed E-state index contributed by atoms with van der Waals surface area (Å²) in [6.07, 6.45) is 8.40. The van der Waals surface area contributed by atoms with Crippen LogP contribution in [-0.4, -0.2) is 14.5 Å². The van der Waals surface area contributed by atoms with Crippen LogP contribution in [0.1, 0.15) is 37.2 Å². The number of rotatable bonds is 2. The van der Waals surface area contributed by atoms with Crippen LogP contribution in [-0.2, 0) is 0 Å². The molecule has 2 N–H and O–H groups in total. The SMILES string of the molecule is Nc1ncnc2c(C3CCCC3)cn(-c3cccc(F)c3)c12. The molecule has 0 unspecified atom stereocenters. The van der Waals surface area contributed by atoms with Gasteiger partial charge in [-0.25, -0.2) is 14.4 Å². The fraction of sp³-hybridized carbons (Fsp3) is 0.294. The van der Waals surface area contributed by atoms with Crippen molar-refractivity contribution >= 4 is 16.9 Å². The molecule has 5 heteroatoms. The van der Waals surface area contributed by atoms with Gasteiger partial charge in [-0.2, -0.15) is 0 Å². The predicted molar refractivity (Wildman–Crippen MR) is 84.4 cm³/mol. The summed E-state index contributed by atoms with van der Waals surface area (Å²) in [7, 11) is 0. The van der Waals surface area contributed by atoms with E-state index in [0.717, 1.165) is 16.7 Å². The third-order valence-electron chi connectivity index (χ3n) is 4.51. The molecule has 2 heterocycles. The highest BCUT2D eigenvalue weighted by Crippen LogP contribution is 2.39. The van der Waals surface area contributed by atoms with Crippen LogP contribution in [0.3, 0.4) is 0 Å². The fourth-order valence-electron chi connectivity index (χ4n) is 3.47. The lowest BCUT2D eigenvalue weighted by molar-refractivity contribution is 0.627. The summed E-state index contributed by atoms with van der Waals surface area (Å²) in [5.41, 5.74) is 9.69. The van der Waals surface area contributed by atoms with Crippen molar-refractivity contribution in [1.82, 2.24) is 14.5 Å². The van der Waals surface area contributed by atoms with Crippen LogP contribution < -0.4 is 5.73 Å². The first-order chi connectivity index (χ1) is 10.7. The number of nitrogens with two attached hydrogens (primary N) is 1. The van der Waals surface area contributed by atoms with Gasteiger partial charge in [0.05, 0.1) is 5.52 Å². The standard InChI is InChI=1S/C17H17FN4/c18-12-6-3-7-13(8-12)22-9-14(11-4-1-2-5-11)15-16(22)17(19)21-10-20-15/h3,6-11H,1-2,4-5H2,(H2,19,20,21). The van der Waals surface area contributed by atoms with Gasteiger partial charge in [0.15, 0.2) is 5.82 Å². The topological polar surface area (TPSA) is 56.7 Å². The van der Waals surface area contributed by atoms with E-state index in [9.17, 15) is 4.39 Å². The van der Waals surface area contributed by atoms with Gasteiger partial charge in [0.1, 0.15) is 17.7 Å². The van der Waals surface area contributed by atoms with E-state index >= 15 is 0 Å². The Morgan fingerprint density at radius 3 is 2.77 bits per heavy atom. The maximum atomic E-state index is 13.6. The Labute approximate surface area is 127 Å². The Morgan fingerprint density at radius 2 is 2.00 bits per heavy atom. The molecule has 0 radical (unpaired) electrons. The van der Waals surface area contributed by atoms with E-state index in [4.69, 9.17) is 5.73 Å². The normalized spacial score (nSPS) is 15.7. The summed E-state index contributed by atoms with van der Waals surface area (Å²) in [6, 6.07) is 6.51. The van der Waals surface area contributed by atoms with Gasteiger partial charge in [-0.3, -0.25) is 0 Å². The number of anilines is 1. The summed E-state index contributed by atoms with van der Waals surface area (Å²) in [5, 5.41) is 0. The second kappa shape index (κ2) is 5.09. The van der Waals surface area contributed by atoms with E-state index in [2.05, 4.69) is 16.2 Å². The number of fused-ring (bicyclic) bond motifs is 1. The summed E-state index contributed by atoms with van der Waals surface area (Å²) in [5.74, 6) is 0.669. The first-order valence-corrected chi connectivity index (χ1v) is 7.61. The molecule has 0 bridgehead atoms. The van der Waals surface area contributed by atoms with E-state index < -0.39 is 0 Å². The molecule has 0 amide bonds. The van der Waals surface area contributed by atoms with Crippen molar-refractivity contribution in [2.75, 3.05) is 5.73 Å². The Kier molecular flexibility index (Phi) is 3.06. The Bertz CT molecular complexity index is 834. The zero-order valence-electron chi connectivity index (χ0n) is 12.2. The number of hydrogen-bond acceptors (Lipinski definition) is 3. The highest BCUT2D eigenvalue weighted by Gasteiger charge is 2.24. The van der Waals surface area contributed by atoms with Crippen molar-refractivity contribution in [3.8, 4) is 5.69 Å². The molecule has 0 spiro atoms. The van der Waals surface area contributed by atoms with Gasteiger partial charge >= 0.3 is 0 Å². The monoisotopic (exact) mass is 296 g/mol. The summed E-state index contributed by atoms with van der Waals surface area (Å²) >= 11 is 0. The average Bonchev–Trinajstić information content (AvgIpc) is 3.15. The molecule has 1 aromatic carbocycles. The average molecular weight is 296 g/mol. The molecular weight excluding hydrogens is 279 g/mol. The number of nitrogens with zero attached hydrogens (tertiary/aromatic N) is 3. The Morgan fingerprint density at radius 1 is 1.18 bits per heavy atom. The van der Waals surface area contributed by atoms with E-state index in [1.54, 1.807) is 6.07 Å². The zero-order chi connectivity index (χ0) is 15.1. The lowest BCUT2D eigenvalue weighted by Gasteiger charge is -2.06. The van der Waals surface area contributed by atoms with E-state index in [1.807, 2.05) is 10.6 Å². The molecule has 4 rings (SSSR count). The van der Waals surface area contributed by atoms with Crippen molar-refractivity contribution in [2.45, 2.75) is 31.6 Å². The minimum absolute atomic E-state index is 0.266. The molecule has 0 atom stereocenters. The van der Waals surface area contributed by atoms with E-state index in [-0.39, 0.29) is 5.82 Å². The first kappa shape index (κ1) is 13.2. The van der Waals surface area contributed by atoms with Gasteiger partial charge in [0.2, 0.25) is 0 Å². The summed E-state index contributed by atoms with van der Waals surface area (Å²) in [6.45, 7) is 0. The number of nitrogen functional groups attached to an aromatic ring is 1. The molecule has 2 aromatic heterocycles. The predicted octanol–water partition coefficient (Wildman–Crippen LogP) is 3.80. The smallest absolute Gasteiger partial charge is 0.151 e. The van der Waals surface area contributed by atoms with Gasteiger partial charge in [0, 0.05) is 11.9 Å². The van der Waals surface area contributed by atoms with Crippen molar-refractivity contribution < 1.29 is 4.39 Å². The Hall–Kier alpha value is -2.43. The van der Waals surface area contributed by atoms with Gasteiger partial charge in [0.25, 0.3) is 0 Å². The van der Waals surface area contributed by atoms with Crippen molar-refractivity contribution in [1.29, 1.82) is 0 Å². The van der Waals surface area contributed by atoms with Crippen LogP contribution in [0.2, 0.25) is 0 Å². The number of benzene rings is 1. The van der Waals surface area contributed by atoms with Gasteiger partial charge in [-0.05, 0) is 42.5 Å². The van der Waals surface area contributed by atoms with Crippen LogP contribution >= 0.6 is 0 Å². The minimum Gasteiger partial charge on any atom is -0.382 e. The largest absolute Gasteiger partial charge is 0.382 e. The summed E-state index contributed by atoms with van der Waals surface area (Å²) in [4.78, 5) is 8.56. The highest BCUT2D eigenvalue weighted by atomic mass is 19.1. The molecule has 0 aliphatic heterocycles. The second-order valence-corrected chi connectivity index (χ2v) is 5.87. The van der Waals surface area contributed by atoms with Crippen LogP contribution in [0.5, 0.6) is 0 Å². The van der Waals surface area contributed by atoms with E-state index in [1.165, 1.54) is 49.7 Å². The molecule has 1 fully saturated rings. The molecular formula is C17H17FN4. The van der Waals surface area contributed by atoms with Crippen molar-refractivity contribution in [3.05, 3.63) is 48.2 Å². The number of aromatic nitrogens is 3. The fourth-order valence-corrected chi connectivity index (χ4v) is 3.47. The second-order valence-electron chi connectivity index (χ2n) is 5.87. The third-order valence-corrected chi connectivity index (χ3v) is 4.51. The maximum Gasteiger partial charge on any atom is 0.151 e. The van der Waals surface area contributed by atoms with Crippen LogP contribution in [0.4, 0.5) is 10.2 Å². The van der Waals surface area contributed by atoms with E-state index in [0.29, 0.717) is 11.7 Å². The van der Waals surface area contributed by atoms with Crippen LogP contribution in [0, 0.1) is 5.82 Å². The maximum absolute atomic E-state index is 13.6. The molecule has 1 saturated carbocycles. The molecule has 4 nitrogen and oxygen atoms in total. The van der Waals surface area contributed by atoms with Gasteiger partial charge < -0.3 is 10.3 Å². The van der Waals surface area contributed by atoms with Crippen molar-refractivity contribution in [3.63, 3.8) is 0 Å². The molecule has 0 saturated heterocycles. The summed E-state index contributed by atoms with van der Waals surface area (Å²) < 4.78 is 15.5. The molecule has 22 heavy (non-hydrogen) atoms. The first-order valence-electron chi connectivity index (χ1n) is 7.61. The quantitative estimate of drug-likeness (QED) is 0.782. The third kappa shape index (κ3) is 2.04. The molecule has 3 aromatic rings. The minimum atomic E-state index is -0.266. The molecule has 112 valence electrons. The van der Waals surface area contributed by atoms with Crippen LogP contribution in [0.15, 0.2) is 36.8 Å². The van der Waals surface area contributed by atoms with Gasteiger partial charge in [-0.15, -0.1) is 0 Å². The lowest BCUT2D eigenvalue weighted by atomic mass is 10.00. The van der Waals surface area contributed by atoms with Gasteiger partial charge in [-0.1, -0.05) is 18.9 Å². The highest BCUT2D eigenvalue weighted by molar-refractivity contribution is 5.90. The zero-order valence-corrected chi connectivity index (χ0v) is 12.2. The lowest BCUT2D eigenvalue weighted by Crippen LogP contribution is -1.99. The van der Waals surface area contributed by atoms with Crippen molar-refractivity contribution in [2.24, 2.45) is 0 Å². The number of halogens is 1. The molecule has 1 aliphatic carbocycles. The Balaban J connectivity index is 1.98.